The topological polar surface area (TPSA) is 18.5 Å². The molecule has 1 unspecified atom stereocenters. The van der Waals surface area contributed by atoms with Crippen LogP contribution < -0.4 is 0 Å². The fraction of sp³-hybridized carbons (Fsp3) is 1.00. The lowest BCUT2D eigenvalue weighted by Gasteiger charge is -2.44. The van der Waals surface area contributed by atoms with Crippen molar-refractivity contribution in [2.24, 2.45) is 0 Å². The van der Waals surface area contributed by atoms with Crippen LogP contribution in [0.4, 0.5) is 0 Å². The molecule has 0 aromatic carbocycles. The van der Waals surface area contributed by atoms with Crippen molar-refractivity contribution in [2.45, 2.75) is 24.9 Å². The first-order valence-electron chi connectivity index (χ1n) is 3.63. The molecule has 0 amide bonds. The SMILES string of the molecule is C1COCC2(C1)CCO2. The molecule has 2 nitrogen and oxygen atoms in total. The summed E-state index contributed by atoms with van der Waals surface area (Å²) >= 11 is 0. The van der Waals surface area contributed by atoms with E-state index < -0.39 is 0 Å². The maximum Gasteiger partial charge on any atom is 0.0937 e. The van der Waals surface area contributed by atoms with E-state index >= 15 is 0 Å². The van der Waals surface area contributed by atoms with Gasteiger partial charge in [-0.1, -0.05) is 0 Å². The zero-order valence-electron chi connectivity index (χ0n) is 5.56. The van der Waals surface area contributed by atoms with Crippen LogP contribution >= 0.6 is 0 Å². The highest BCUT2D eigenvalue weighted by molar-refractivity contribution is 4.89. The third-order valence-electron chi connectivity index (χ3n) is 2.25. The summed E-state index contributed by atoms with van der Waals surface area (Å²) in [5, 5.41) is 0. The average molecular weight is 128 g/mol. The molecular formula is C7H12O2. The minimum Gasteiger partial charge on any atom is -0.378 e. The Morgan fingerprint density at radius 1 is 1.11 bits per heavy atom. The smallest absolute Gasteiger partial charge is 0.0937 e. The predicted octanol–water partition coefficient (Wildman–Crippen LogP) is 0.956. The van der Waals surface area contributed by atoms with Crippen LogP contribution in [-0.2, 0) is 9.47 Å². The monoisotopic (exact) mass is 128 g/mol. The van der Waals surface area contributed by atoms with Gasteiger partial charge in [-0.3, -0.25) is 0 Å². The minimum absolute atomic E-state index is 0.179. The third kappa shape index (κ3) is 0.864. The second-order valence-electron chi connectivity index (χ2n) is 2.94. The Bertz CT molecular complexity index is 99.5. The summed E-state index contributed by atoms with van der Waals surface area (Å²) in [6.07, 6.45) is 3.61. The minimum atomic E-state index is 0.179. The first-order chi connectivity index (χ1) is 4.41. The molecule has 0 bridgehead atoms. The fourth-order valence-electron chi connectivity index (χ4n) is 1.53. The predicted molar refractivity (Wildman–Crippen MR) is 33.4 cm³/mol. The molecule has 0 N–H and O–H groups in total. The van der Waals surface area contributed by atoms with Crippen molar-refractivity contribution in [1.82, 2.24) is 0 Å². The van der Waals surface area contributed by atoms with Gasteiger partial charge in [0.25, 0.3) is 0 Å². The summed E-state index contributed by atoms with van der Waals surface area (Å²) in [5.74, 6) is 0. The van der Waals surface area contributed by atoms with E-state index in [4.69, 9.17) is 9.47 Å². The van der Waals surface area contributed by atoms with Crippen LogP contribution in [0.15, 0.2) is 0 Å². The number of hydrogen-bond donors (Lipinski definition) is 0. The van der Waals surface area contributed by atoms with Crippen molar-refractivity contribution >= 4 is 0 Å². The molecule has 0 aromatic rings. The zero-order valence-corrected chi connectivity index (χ0v) is 5.56. The lowest BCUT2D eigenvalue weighted by atomic mass is 9.89. The van der Waals surface area contributed by atoms with Crippen LogP contribution in [-0.4, -0.2) is 25.4 Å². The molecule has 2 heterocycles. The summed E-state index contributed by atoms with van der Waals surface area (Å²) in [4.78, 5) is 0. The highest BCUT2D eigenvalue weighted by Gasteiger charge is 2.39. The van der Waals surface area contributed by atoms with E-state index in [1.807, 2.05) is 0 Å². The van der Waals surface area contributed by atoms with Crippen LogP contribution in [0.2, 0.25) is 0 Å². The second-order valence-corrected chi connectivity index (χ2v) is 2.94. The summed E-state index contributed by atoms with van der Waals surface area (Å²) in [7, 11) is 0. The normalized spacial score (nSPS) is 42.7. The van der Waals surface area contributed by atoms with E-state index in [2.05, 4.69) is 0 Å². The molecule has 1 spiro atoms. The van der Waals surface area contributed by atoms with Crippen LogP contribution in [0.3, 0.4) is 0 Å². The Labute approximate surface area is 55.1 Å². The van der Waals surface area contributed by atoms with Crippen molar-refractivity contribution in [2.75, 3.05) is 19.8 Å². The summed E-state index contributed by atoms with van der Waals surface area (Å²) in [6, 6.07) is 0. The maximum absolute atomic E-state index is 5.43. The average Bonchev–Trinajstić information content (AvgIpc) is 1.87. The van der Waals surface area contributed by atoms with Crippen molar-refractivity contribution in [1.29, 1.82) is 0 Å². The Balaban J connectivity index is 1.93. The largest absolute Gasteiger partial charge is 0.378 e. The standard InChI is InChI=1S/C7H12O2/c1-2-7(3-5-9-7)6-8-4-1/h1-6H2. The van der Waals surface area contributed by atoms with E-state index in [9.17, 15) is 0 Å². The van der Waals surface area contributed by atoms with Gasteiger partial charge in [0.05, 0.1) is 18.8 Å². The van der Waals surface area contributed by atoms with Gasteiger partial charge in [-0.05, 0) is 12.8 Å². The van der Waals surface area contributed by atoms with Crippen LogP contribution in [0.5, 0.6) is 0 Å². The van der Waals surface area contributed by atoms with Gasteiger partial charge in [-0.25, -0.2) is 0 Å². The summed E-state index contributed by atoms with van der Waals surface area (Å²) in [6.45, 7) is 2.72. The van der Waals surface area contributed by atoms with E-state index in [0.717, 1.165) is 19.8 Å². The van der Waals surface area contributed by atoms with Crippen molar-refractivity contribution in [3.8, 4) is 0 Å². The van der Waals surface area contributed by atoms with Crippen LogP contribution in [0.1, 0.15) is 19.3 Å². The zero-order chi connectivity index (χ0) is 6.16. The molecule has 9 heavy (non-hydrogen) atoms. The third-order valence-corrected chi connectivity index (χ3v) is 2.25. The van der Waals surface area contributed by atoms with Gasteiger partial charge in [0.2, 0.25) is 0 Å². The molecule has 2 aliphatic rings. The second kappa shape index (κ2) is 1.96. The van der Waals surface area contributed by atoms with E-state index in [1.165, 1.54) is 19.3 Å². The van der Waals surface area contributed by atoms with Crippen molar-refractivity contribution in [3.63, 3.8) is 0 Å². The summed E-state index contributed by atoms with van der Waals surface area (Å²) in [5.41, 5.74) is 0.179. The van der Waals surface area contributed by atoms with Gasteiger partial charge in [0, 0.05) is 13.0 Å². The van der Waals surface area contributed by atoms with Crippen LogP contribution in [0, 0.1) is 0 Å². The van der Waals surface area contributed by atoms with Gasteiger partial charge >= 0.3 is 0 Å². The van der Waals surface area contributed by atoms with Gasteiger partial charge in [0.15, 0.2) is 0 Å². The lowest BCUT2D eigenvalue weighted by Crippen LogP contribution is -2.49. The van der Waals surface area contributed by atoms with Gasteiger partial charge < -0.3 is 9.47 Å². The fourth-order valence-corrected chi connectivity index (χ4v) is 1.53. The number of ether oxygens (including phenoxy) is 2. The van der Waals surface area contributed by atoms with E-state index in [-0.39, 0.29) is 5.60 Å². The Kier molecular flexibility index (Phi) is 1.24. The first kappa shape index (κ1) is 5.69. The van der Waals surface area contributed by atoms with Gasteiger partial charge in [-0.2, -0.15) is 0 Å². The maximum atomic E-state index is 5.43. The van der Waals surface area contributed by atoms with Gasteiger partial charge in [0.1, 0.15) is 0 Å². The molecule has 2 aliphatic heterocycles. The molecule has 52 valence electrons. The number of hydrogen-bond acceptors (Lipinski definition) is 2. The Morgan fingerprint density at radius 3 is 2.33 bits per heavy atom. The molecule has 2 heteroatoms. The molecule has 2 fully saturated rings. The summed E-state index contributed by atoms with van der Waals surface area (Å²) < 4.78 is 10.7. The highest BCUT2D eigenvalue weighted by atomic mass is 16.6. The van der Waals surface area contributed by atoms with E-state index in [1.54, 1.807) is 0 Å². The van der Waals surface area contributed by atoms with Crippen molar-refractivity contribution in [3.05, 3.63) is 0 Å². The van der Waals surface area contributed by atoms with Crippen molar-refractivity contribution < 1.29 is 9.47 Å². The van der Waals surface area contributed by atoms with E-state index in [0.29, 0.717) is 0 Å². The highest BCUT2D eigenvalue weighted by Crippen LogP contribution is 2.33. The van der Waals surface area contributed by atoms with Crippen LogP contribution in [0.25, 0.3) is 0 Å². The molecule has 0 aliphatic carbocycles. The molecule has 0 radical (unpaired) electrons. The molecular weight excluding hydrogens is 116 g/mol. The molecule has 2 rings (SSSR count). The molecule has 0 aromatic heterocycles. The Hall–Kier alpha value is -0.0800. The molecule has 1 atom stereocenters. The number of rotatable bonds is 0. The molecule has 2 saturated heterocycles. The Morgan fingerprint density at radius 2 is 2.00 bits per heavy atom. The lowest BCUT2D eigenvalue weighted by molar-refractivity contribution is -0.203. The quantitative estimate of drug-likeness (QED) is 0.483. The van der Waals surface area contributed by atoms with Gasteiger partial charge in [-0.15, -0.1) is 0 Å². The molecule has 0 saturated carbocycles. The first-order valence-corrected chi connectivity index (χ1v) is 3.63.